The smallest absolute Gasteiger partial charge is 0.326 e. The Hall–Kier alpha value is -1.59. The molecule has 0 aliphatic carbocycles. The molecule has 1 heterocycles. The topological polar surface area (TPSA) is 77.9 Å². The summed E-state index contributed by atoms with van der Waals surface area (Å²) >= 11 is 0. The Labute approximate surface area is 119 Å². The monoisotopic (exact) mass is 284 g/mol. The molecular weight excluding hydrogens is 260 g/mol. The number of hydrogen-bond donors (Lipinski definition) is 1. The zero-order chi connectivity index (χ0) is 15.4. The van der Waals surface area contributed by atoms with Gasteiger partial charge < -0.3 is 14.9 Å². The molecule has 0 unspecified atom stereocenters. The molecule has 0 radical (unpaired) electrons. The van der Waals surface area contributed by atoms with Crippen LogP contribution in [0.25, 0.3) is 0 Å². The first-order valence-electron chi connectivity index (χ1n) is 7.06. The SMILES string of the molecule is CCC(=O)N1CC[C@H](C(=O)N(C)[C@H](C(=O)O)C(C)C)C1. The van der Waals surface area contributed by atoms with E-state index in [1.165, 1.54) is 11.9 Å². The highest BCUT2D eigenvalue weighted by atomic mass is 16.4. The molecule has 1 aliphatic heterocycles. The molecule has 1 saturated heterocycles. The van der Waals surface area contributed by atoms with Gasteiger partial charge in [-0.1, -0.05) is 20.8 Å². The average molecular weight is 284 g/mol. The van der Waals surface area contributed by atoms with Crippen LogP contribution in [0, 0.1) is 11.8 Å². The lowest BCUT2D eigenvalue weighted by Crippen LogP contribution is -2.48. The van der Waals surface area contributed by atoms with Crippen LogP contribution in [-0.4, -0.2) is 58.9 Å². The van der Waals surface area contributed by atoms with Crippen LogP contribution in [0.5, 0.6) is 0 Å². The largest absolute Gasteiger partial charge is 0.480 e. The highest BCUT2D eigenvalue weighted by molar-refractivity contribution is 5.86. The Morgan fingerprint density at radius 3 is 2.40 bits per heavy atom. The number of carbonyl (C=O) groups excluding carboxylic acids is 2. The summed E-state index contributed by atoms with van der Waals surface area (Å²) in [5, 5.41) is 9.23. The predicted octanol–water partition coefficient (Wildman–Crippen LogP) is 0.812. The predicted molar refractivity (Wildman–Crippen MR) is 74.0 cm³/mol. The van der Waals surface area contributed by atoms with Gasteiger partial charge in [0.25, 0.3) is 0 Å². The molecule has 0 bridgehead atoms. The number of carbonyl (C=O) groups is 3. The van der Waals surface area contributed by atoms with Crippen molar-refractivity contribution in [3.63, 3.8) is 0 Å². The van der Waals surface area contributed by atoms with Gasteiger partial charge in [0.15, 0.2) is 0 Å². The summed E-state index contributed by atoms with van der Waals surface area (Å²) < 4.78 is 0. The number of rotatable bonds is 5. The van der Waals surface area contributed by atoms with Gasteiger partial charge in [0.05, 0.1) is 5.92 Å². The Morgan fingerprint density at radius 2 is 1.95 bits per heavy atom. The van der Waals surface area contributed by atoms with E-state index < -0.39 is 12.0 Å². The van der Waals surface area contributed by atoms with E-state index >= 15 is 0 Å². The van der Waals surface area contributed by atoms with Crippen LogP contribution >= 0.6 is 0 Å². The van der Waals surface area contributed by atoms with E-state index in [4.69, 9.17) is 0 Å². The summed E-state index contributed by atoms with van der Waals surface area (Å²) in [6.45, 7) is 6.34. The van der Waals surface area contributed by atoms with E-state index in [-0.39, 0.29) is 23.7 Å². The van der Waals surface area contributed by atoms with E-state index in [1.807, 2.05) is 0 Å². The van der Waals surface area contributed by atoms with Gasteiger partial charge in [-0.15, -0.1) is 0 Å². The second kappa shape index (κ2) is 6.72. The van der Waals surface area contributed by atoms with Gasteiger partial charge in [0.1, 0.15) is 6.04 Å². The maximum Gasteiger partial charge on any atom is 0.326 e. The van der Waals surface area contributed by atoms with Gasteiger partial charge in [-0.3, -0.25) is 9.59 Å². The molecule has 1 N–H and O–H groups in total. The summed E-state index contributed by atoms with van der Waals surface area (Å²) in [7, 11) is 1.53. The average Bonchev–Trinajstić information content (AvgIpc) is 2.85. The highest BCUT2D eigenvalue weighted by Gasteiger charge is 2.36. The third-order valence-electron chi connectivity index (χ3n) is 3.84. The molecule has 0 saturated carbocycles. The van der Waals surface area contributed by atoms with Gasteiger partial charge >= 0.3 is 5.97 Å². The Balaban J connectivity index is 2.71. The fourth-order valence-electron chi connectivity index (χ4n) is 2.74. The number of aliphatic carboxylic acids is 1. The Bertz CT molecular complexity index is 395. The maximum atomic E-state index is 12.4. The Kier molecular flexibility index (Phi) is 5.53. The van der Waals surface area contributed by atoms with Crippen molar-refractivity contribution in [2.24, 2.45) is 11.8 Å². The fraction of sp³-hybridized carbons (Fsp3) is 0.786. The van der Waals surface area contributed by atoms with E-state index in [0.717, 1.165) is 0 Å². The summed E-state index contributed by atoms with van der Waals surface area (Å²) in [6, 6.07) is -0.821. The first-order valence-corrected chi connectivity index (χ1v) is 7.06. The van der Waals surface area contributed by atoms with Gasteiger partial charge in [-0.05, 0) is 12.3 Å². The van der Waals surface area contributed by atoms with Crippen LogP contribution in [0.4, 0.5) is 0 Å². The second-order valence-electron chi connectivity index (χ2n) is 5.66. The normalized spacial score (nSPS) is 20.1. The van der Waals surface area contributed by atoms with Crippen LogP contribution in [0.15, 0.2) is 0 Å². The van der Waals surface area contributed by atoms with Crippen LogP contribution < -0.4 is 0 Å². The molecule has 0 aromatic rings. The summed E-state index contributed by atoms with van der Waals surface area (Å²) in [5.41, 5.74) is 0. The van der Waals surface area contributed by atoms with E-state index in [1.54, 1.807) is 25.7 Å². The molecule has 1 fully saturated rings. The lowest BCUT2D eigenvalue weighted by molar-refractivity contribution is -0.152. The lowest BCUT2D eigenvalue weighted by Gasteiger charge is -2.29. The first-order chi connectivity index (χ1) is 9.29. The van der Waals surface area contributed by atoms with Gasteiger partial charge in [0, 0.05) is 26.6 Å². The lowest BCUT2D eigenvalue weighted by atomic mass is 10.0. The summed E-state index contributed by atoms with van der Waals surface area (Å²) in [4.78, 5) is 38.2. The van der Waals surface area contributed by atoms with Crippen molar-refractivity contribution in [1.29, 1.82) is 0 Å². The number of carboxylic acids is 1. The van der Waals surface area contributed by atoms with E-state index in [2.05, 4.69) is 0 Å². The van der Waals surface area contributed by atoms with Crippen LogP contribution in [-0.2, 0) is 14.4 Å². The van der Waals surface area contributed by atoms with Crippen molar-refractivity contribution < 1.29 is 19.5 Å². The Morgan fingerprint density at radius 1 is 1.35 bits per heavy atom. The molecule has 0 aromatic heterocycles. The van der Waals surface area contributed by atoms with Crippen molar-refractivity contribution in [3.05, 3.63) is 0 Å². The maximum absolute atomic E-state index is 12.4. The molecule has 2 amide bonds. The number of likely N-dealkylation sites (N-methyl/N-ethyl adjacent to an activating group) is 1. The fourth-order valence-corrected chi connectivity index (χ4v) is 2.74. The minimum Gasteiger partial charge on any atom is -0.480 e. The van der Waals surface area contributed by atoms with Gasteiger partial charge in [0.2, 0.25) is 11.8 Å². The number of carboxylic acid groups (broad SMARTS) is 1. The second-order valence-corrected chi connectivity index (χ2v) is 5.66. The molecule has 2 atom stereocenters. The molecule has 0 aromatic carbocycles. The van der Waals surface area contributed by atoms with Crippen molar-refractivity contribution in [1.82, 2.24) is 9.80 Å². The molecule has 20 heavy (non-hydrogen) atoms. The zero-order valence-electron chi connectivity index (χ0n) is 12.6. The number of hydrogen-bond acceptors (Lipinski definition) is 3. The van der Waals surface area contributed by atoms with Gasteiger partial charge in [-0.25, -0.2) is 4.79 Å². The van der Waals surface area contributed by atoms with Gasteiger partial charge in [-0.2, -0.15) is 0 Å². The minimum absolute atomic E-state index is 0.0431. The van der Waals surface area contributed by atoms with Crippen molar-refractivity contribution in [3.8, 4) is 0 Å². The first kappa shape index (κ1) is 16.5. The minimum atomic E-state index is -0.990. The molecular formula is C14H24N2O4. The van der Waals surface area contributed by atoms with Crippen LogP contribution in [0.2, 0.25) is 0 Å². The van der Waals surface area contributed by atoms with Crippen molar-refractivity contribution >= 4 is 17.8 Å². The van der Waals surface area contributed by atoms with E-state index in [0.29, 0.717) is 25.9 Å². The standard InChI is InChI=1S/C14H24N2O4/c1-5-11(17)16-7-6-10(8-16)13(18)15(4)12(9(2)3)14(19)20/h9-10,12H,5-8H2,1-4H3,(H,19,20)/t10-,12-/m0/s1. The molecule has 6 nitrogen and oxygen atoms in total. The number of amides is 2. The molecule has 1 aliphatic rings. The van der Waals surface area contributed by atoms with E-state index in [9.17, 15) is 19.5 Å². The quantitative estimate of drug-likeness (QED) is 0.810. The summed E-state index contributed by atoms with van der Waals surface area (Å²) in [5.74, 6) is -1.57. The van der Waals surface area contributed by atoms with Crippen LogP contribution in [0.3, 0.4) is 0 Å². The molecule has 0 spiro atoms. The third-order valence-corrected chi connectivity index (χ3v) is 3.84. The van der Waals surface area contributed by atoms with Crippen LogP contribution in [0.1, 0.15) is 33.6 Å². The molecule has 1 rings (SSSR count). The summed E-state index contributed by atoms with van der Waals surface area (Å²) in [6.07, 6.45) is 1.04. The zero-order valence-corrected chi connectivity index (χ0v) is 12.6. The molecule has 114 valence electrons. The highest BCUT2D eigenvalue weighted by Crippen LogP contribution is 2.21. The third kappa shape index (κ3) is 3.49. The van der Waals surface area contributed by atoms with Crippen molar-refractivity contribution in [2.75, 3.05) is 20.1 Å². The van der Waals surface area contributed by atoms with Crippen molar-refractivity contribution in [2.45, 2.75) is 39.7 Å². The number of nitrogens with zero attached hydrogens (tertiary/aromatic N) is 2. The molecule has 6 heteroatoms. The number of likely N-dealkylation sites (tertiary alicyclic amines) is 1.